The minimum absolute atomic E-state index is 0.0343. The van der Waals surface area contributed by atoms with Crippen molar-refractivity contribution in [3.8, 4) is 0 Å². The molecule has 29 heavy (non-hydrogen) atoms. The van der Waals surface area contributed by atoms with E-state index >= 15 is 0 Å². The minimum atomic E-state index is -1.02. The molecule has 2 atom stereocenters. The van der Waals surface area contributed by atoms with E-state index in [2.05, 4.69) is 5.32 Å². The zero-order chi connectivity index (χ0) is 20.8. The molecule has 5 nitrogen and oxygen atoms in total. The van der Waals surface area contributed by atoms with E-state index in [0.717, 1.165) is 17.7 Å². The van der Waals surface area contributed by atoms with Crippen molar-refractivity contribution >= 4 is 17.5 Å². The fraction of sp³-hybridized carbons (Fsp3) is 0.364. The van der Waals surface area contributed by atoms with E-state index in [1.54, 1.807) is 0 Å². The molecule has 1 saturated heterocycles. The van der Waals surface area contributed by atoms with Gasteiger partial charge in [0, 0.05) is 31.5 Å². The van der Waals surface area contributed by atoms with Gasteiger partial charge in [-0.1, -0.05) is 30.3 Å². The molecule has 2 amide bonds. The summed E-state index contributed by atoms with van der Waals surface area (Å²) in [6, 6.07) is 13.1. The van der Waals surface area contributed by atoms with E-state index in [0.29, 0.717) is 32.5 Å². The van der Waals surface area contributed by atoms with Crippen LogP contribution in [0.15, 0.2) is 48.5 Å². The summed E-state index contributed by atoms with van der Waals surface area (Å²) in [4.78, 5) is 26.2. The number of carbonyl (C=O) groups is 2. The van der Waals surface area contributed by atoms with Crippen molar-refractivity contribution < 1.29 is 23.1 Å². The Morgan fingerprint density at radius 2 is 1.97 bits per heavy atom. The highest BCUT2D eigenvalue weighted by Gasteiger charge is 2.37. The molecule has 0 saturated carbocycles. The van der Waals surface area contributed by atoms with Gasteiger partial charge in [-0.3, -0.25) is 9.59 Å². The Kier molecular flexibility index (Phi) is 6.93. The molecule has 0 spiro atoms. The van der Waals surface area contributed by atoms with Crippen molar-refractivity contribution in [1.29, 1.82) is 0 Å². The number of hydrogen-bond acceptors (Lipinski definition) is 3. The normalized spacial score (nSPS) is 17.4. The summed E-state index contributed by atoms with van der Waals surface area (Å²) in [6.07, 6.45) is 0.926. The van der Waals surface area contributed by atoms with Crippen LogP contribution in [0.1, 0.15) is 31.4 Å². The van der Waals surface area contributed by atoms with Gasteiger partial charge in [-0.05, 0) is 37.5 Å². The lowest BCUT2D eigenvalue weighted by Crippen LogP contribution is -2.37. The van der Waals surface area contributed by atoms with Gasteiger partial charge >= 0.3 is 0 Å². The molecule has 0 bridgehead atoms. The fourth-order valence-electron chi connectivity index (χ4n) is 3.32. The number of amides is 2. The van der Waals surface area contributed by atoms with Gasteiger partial charge in [-0.25, -0.2) is 8.78 Å². The van der Waals surface area contributed by atoms with Crippen LogP contribution in [0.3, 0.4) is 0 Å². The van der Waals surface area contributed by atoms with Crippen molar-refractivity contribution in [3.63, 3.8) is 0 Å². The Labute approximate surface area is 168 Å². The van der Waals surface area contributed by atoms with Crippen LogP contribution in [0, 0.1) is 17.6 Å². The second-order valence-electron chi connectivity index (χ2n) is 7.00. The van der Waals surface area contributed by atoms with E-state index in [9.17, 15) is 18.4 Å². The van der Waals surface area contributed by atoms with Crippen LogP contribution in [-0.4, -0.2) is 31.5 Å². The molecule has 0 aliphatic carbocycles. The molecule has 1 N–H and O–H groups in total. The topological polar surface area (TPSA) is 58.6 Å². The molecule has 1 aliphatic heterocycles. The molecular weight excluding hydrogens is 378 g/mol. The third kappa shape index (κ3) is 5.17. The quantitative estimate of drug-likeness (QED) is 0.542. The predicted molar refractivity (Wildman–Crippen MR) is 105 cm³/mol. The molecule has 1 aliphatic rings. The smallest absolute Gasteiger partial charge is 0.239 e. The van der Waals surface area contributed by atoms with Crippen LogP contribution >= 0.6 is 0 Å². The summed E-state index contributed by atoms with van der Waals surface area (Å²) in [5.41, 5.74) is 1.35. The maximum Gasteiger partial charge on any atom is 0.239 e. The second-order valence-corrected chi connectivity index (χ2v) is 7.00. The number of anilines is 1. The standard InChI is InChI=1S/C22H24F2N2O3/c1-15(16-6-3-2-4-7-16)29-13-5-11-25-21(27)18-10-12-26(22(18)28)17-8-9-19(23)20(24)14-17/h2-4,6-9,14-15,18H,5,10-13H2,1H3,(H,25,27). The summed E-state index contributed by atoms with van der Waals surface area (Å²) >= 11 is 0. The predicted octanol–water partition coefficient (Wildman–Crippen LogP) is 3.60. The van der Waals surface area contributed by atoms with Crippen LogP contribution < -0.4 is 10.2 Å². The Balaban J connectivity index is 1.42. The van der Waals surface area contributed by atoms with Gasteiger partial charge in [-0.15, -0.1) is 0 Å². The highest BCUT2D eigenvalue weighted by Crippen LogP contribution is 2.26. The molecular formula is C22H24F2N2O3. The van der Waals surface area contributed by atoms with E-state index in [1.807, 2.05) is 37.3 Å². The molecule has 3 rings (SSSR count). The summed E-state index contributed by atoms with van der Waals surface area (Å²) < 4.78 is 32.3. The molecule has 7 heteroatoms. The summed E-state index contributed by atoms with van der Waals surface area (Å²) in [5.74, 6) is -3.56. The Bertz CT molecular complexity index is 860. The van der Waals surface area contributed by atoms with Crippen LogP contribution in [-0.2, 0) is 14.3 Å². The molecule has 1 fully saturated rings. The number of nitrogens with one attached hydrogen (secondary N) is 1. The number of carbonyl (C=O) groups excluding carboxylic acids is 2. The molecule has 2 aromatic rings. The first-order valence-corrected chi connectivity index (χ1v) is 9.68. The highest BCUT2D eigenvalue weighted by molar-refractivity contribution is 6.09. The minimum Gasteiger partial charge on any atom is -0.374 e. The Morgan fingerprint density at radius 3 is 2.69 bits per heavy atom. The maximum atomic E-state index is 13.4. The van der Waals surface area contributed by atoms with Gasteiger partial charge in [-0.2, -0.15) is 0 Å². The van der Waals surface area contributed by atoms with Crippen LogP contribution in [0.25, 0.3) is 0 Å². The van der Waals surface area contributed by atoms with Gasteiger partial charge in [0.15, 0.2) is 11.6 Å². The lowest BCUT2D eigenvalue weighted by molar-refractivity contribution is -0.132. The number of nitrogens with zero attached hydrogens (tertiary/aromatic N) is 1. The highest BCUT2D eigenvalue weighted by atomic mass is 19.2. The molecule has 154 valence electrons. The van der Waals surface area contributed by atoms with E-state index in [-0.39, 0.29) is 17.7 Å². The van der Waals surface area contributed by atoms with E-state index in [1.165, 1.54) is 11.0 Å². The molecule has 2 unspecified atom stereocenters. The van der Waals surface area contributed by atoms with Crippen LogP contribution in [0.2, 0.25) is 0 Å². The second kappa shape index (κ2) is 9.60. The molecule has 0 aromatic heterocycles. The SMILES string of the molecule is CC(OCCCNC(=O)C1CCN(c2ccc(F)c(F)c2)C1=O)c1ccccc1. The van der Waals surface area contributed by atoms with Crippen LogP contribution in [0.4, 0.5) is 14.5 Å². The average molecular weight is 402 g/mol. The number of ether oxygens (including phenoxy) is 1. The third-order valence-electron chi connectivity index (χ3n) is 4.99. The summed E-state index contributed by atoms with van der Waals surface area (Å²) in [5, 5.41) is 2.76. The van der Waals surface area contributed by atoms with Crippen molar-refractivity contribution in [2.24, 2.45) is 5.92 Å². The lowest BCUT2D eigenvalue weighted by Gasteiger charge is -2.17. The van der Waals surface area contributed by atoms with Crippen molar-refractivity contribution in [2.45, 2.75) is 25.9 Å². The zero-order valence-electron chi connectivity index (χ0n) is 16.2. The van der Waals surface area contributed by atoms with Gasteiger partial charge < -0.3 is 15.0 Å². The van der Waals surface area contributed by atoms with Crippen molar-refractivity contribution in [3.05, 3.63) is 65.7 Å². The number of benzene rings is 2. The fourth-order valence-corrected chi connectivity index (χ4v) is 3.32. The first kappa shape index (κ1) is 20.9. The van der Waals surface area contributed by atoms with Gasteiger partial charge in [0.2, 0.25) is 11.8 Å². The van der Waals surface area contributed by atoms with Crippen LogP contribution in [0.5, 0.6) is 0 Å². The number of hydrogen-bond donors (Lipinski definition) is 1. The maximum absolute atomic E-state index is 13.4. The largest absolute Gasteiger partial charge is 0.374 e. The first-order chi connectivity index (χ1) is 14.0. The molecule has 1 heterocycles. The van der Waals surface area contributed by atoms with Crippen molar-refractivity contribution in [1.82, 2.24) is 5.32 Å². The zero-order valence-corrected chi connectivity index (χ0v) is 16.2. The van der Waals surface area contributed by atoms with Gasteiger partial charge in [0.25, 0.3) is 0 Å². The first-order valence-electron chi connectivity index (χ1n) is 9.68. The Morgan fingerprint density at radius 1 is 1.21 bits per heavy atom. The van der Waals surface area contributed by atoms with Gasteiger partial charge in [0.05, 0.1) is 6.10 Å². The van der Waals surface area contributed by atoms with Gasteiger partial charge in [0.1, 0.15) is 5.92 Å². The Hall–Kier alpha value is -2.80. The summed E-state index contributed by atoms with van der Waals surface area (Å²) in [7, 11) is 0. The monoisotopic (exact) mass is 402 g/mol. The van der Waals surface area contributed by atoms with E-state index < -0.39 is 23.5 Å². The lowest BCUT2D eigenvalue weighted by atomic mass is 10.1. The molecule has 2 aromatic carbocycles. The molecule has 0 radical (unpaired) electrons. The number of halogens is 2. The third-order valence-corrected chi connectivity index (χ3v) is 4.99. The summed E-state index contributed by atoms with van der Waals surface area (Å²) in [6.45, 7) is 3.14. The average Bonchev–Trinajstić information content (AvgIpc) is 3.11. The van der Waals surface area contributed by atoms with E-state index in [4.69, 9.17) is 4.74 Å². The number of rotatable bonds is 8. The van der Waals surface area contributed by atoms with Crippen molar-refractivity contribution in [2.75, 3.05) is 24.6 Å².